The van der Waals surface area contributed by atoms with E-state index in [1.165, 1.54) is 4.68 Å². The summed E-state index contributed by atoms with van der Waals surface area (Å²) in [5, 5.41) is 5.09. The van der Waals surface area contributed by atoms with Crippen LogP contribution in [0.2, 0.25) is 0 Å². The SMILES string of the molecule is CCOc1cc(C=Nn2c([C@H](C)CC)nc3ccc(Br)cc3c2=O)c(Br)cc1OCc1ccc(Br)cc1. The molecule has 0 aliphatic rings. The molecule has 0 bridgehead atoms. The molecule has 1 atom stereocenters. The van der Waals surface area contributed by atoms with Crippen molar-refractivity contribution in [2.24, 2.45) is 5.10 Å². The molecule has 6 nitrogen and oxygen atoms in total. The lowest BCUT2D eigenvalue weighted by molar-refractivity contribution is 0.269. The van der Waals surface area contributed by atoms with Gasteiger partial charge in [-0.15, -0.1) is 0 Å². The predicted octanol–water partition coefficient (Wildman–Crippen LogP) is 8.06. The molecule has 0 spiro atoms. The zero-order valence-corrected chi connectivity index (χ0v) is 25.4. The van der Waals surface area contributed by atoms with Gasteiger partial charge in [-0.1, -0.05) is 57.8 Å². The molecule has 0 saturated carbocycles. The summed E-state index contributed by atoms with van der Waals surface area (Å²) in [7, 11) is 0. The summed E-state index contributed by atoms with van der Waals surface area (Å²) in [5.41, 5.74) is 2.23. The number of rotatable bonds is 9. The molecule has 4 rings (SSSR count). The number of aromatic nitrogens is 2. The first-order chi connectivity index (χ1) is 17.8. The van der Waals surface area contributed by atoms with Crippen LogP contribution in [0.1, 0.15) is 50.1 Å². The van der Waals surface area contributed by atoms with Crippen LogP contribution in [0.3, 0.4) is 0 Å². The Balaban J connectivity index is 1.71. The van der Waals surface area contributed by atoms with Gasteiger partial charge in [0.2, 0.25) is 0 Å². The van der Waals surface area contributed by atoms with Crippen LogP contribution in [0.5, 0.6) is 11.5 Å². The molecule has 192 valence electrons. The summed E-state index contributed by atoms with van der Waals surface area (Å²) in [6.45, 7) is 6.91. The highest BCUT2D eigenvalue weighted by atomic mass is 79.9. The van der Waals surface area contributed by atoms with E-state index in [4.69, 9.17) is 14.5 Å². The van der Waals surface area contributed by atoms with Crippen LogP contribution >= 0.6 is 47.8 Å². The second-order valence-electron chi connectivity index (χ2n) is 8.47. The lowest BCUT2D eigenvalue weighted by Crippen LogP contribution is -2.23. The smallest absolute Gasteiger partial charge is 0.282 e. The summed E-state index contributed by atoms with van der Waals surface area (Å²) in [5.74, 6) is 1.88. The zero-order valence-electron chi connectivity index (χ0n) is 20.7. The Morgan fingerprint density at radius 2 is 1.68 bits per heavy atom. The monoisotopic (exact) mass is 689 g/mol. The fraction of sp³-hybridized carbons (Fsp3) is 0.250. The minimum Gasteiger partial charge on any atom is -0.490 e. The van der Waals surface area contributed by atoms with E-state index in [2.05, 4.69) is 59.8 Å². The summed E-state index contributed by atoms with van der Waals surface area (Å²) in [6, 6.07) is 17.2. The van der Waals surface area contributed by atoms with Crippen LogP contribution < -0.4 is 15.0 Å². The Hall–Kier alpha value is -2.49. The van der Waals surface area contributed by atoms with E-state index in [1.807, 2.05) is 62.4 Å². The van der Waals surface area contributed by atoms with Crippen molar-refractivity contribution < 1.29 is 9.47 Å². The molecule has 0 N–H and O–H groups in total. The van der Waals surface area contributed by atoms with Crippen LogP contribution in [0.15, 0.2) is 77.9 Å². The summed E-state index contributed by atoms with van der Waals surface area (Å²) >= 11 is 10.5. The van der Waals surface area contributed by atoms with E-state index in [0.29, 0.717) is 41.4 Å². The van der Waals surface area contributed by atoms with Gasteiger partial charge in [0.15, 0.2) is 11.5 Å². The molecule has 3 aromatic carbocycles. The minimum atomic E-state index is -0.214. The van der Waals surface area contributed by atoms with Crippen molar-refractivity contribution in [1.29, 1.82) is 0 Å². The van der Waals surface area contributed by atoms with Gasteiger partial charge < -0.3 is 9.47 Å². The van der Waals surface area contributed by atoms with Gasteiger partial charge in [-0.05, 0) is 77.3 Å². The molecule has 0 saturated heterocycles. The van der Waals surface area contributed by atoms with Crippen molar-refractivity contribution in [2.75, 3.05) is 6.61 Å². The van der Waals surface area contributed by atoms with E-state index in [0.717, 1.165) is 31.0 Å². The third-order valence-corrected chi connectivity index (χ3v) is 7.58. The maximum Gasteiger partial charge on any atom is 0.282 e. The molecular formula is C28H26Br3N3O3. The van der Waals surface area contributed by atoms with E-state index in [1.54, 1.807) is 12.3 Å². The molecule has 0 amide bonds. The van der Waals surface area contributed by atoms with Crippen LogP contribution in [-0.2, 0) is 6.61 Å². The highest BCUT2D eigenvalue weighted by Gasteiger charge is 2.16. The second kappa shape index (κ2) is 12.4. The largest absolute Gasteiger partial charge is 0.490 e. The molecule has 4 aromatic rings. The van der Waals surface area contributed by atoms with Gasteiger partial charge in [0, 0.05) is 24.9 Å². The maximum absolute atomic E-state index is 13.4. The average Bonchev–Trinajstić information content (AvgIpc) is 2.89. The molecule has 0 fully saturated rings. The number of benzene rings is 3. The van der Waals surface area contributed by atoms with Crippen molar-refractivity contribution in [3.8, 4) is 11.5 Å². The molecule has 1 heterocycles. The van der Waals surface area contributed by atoms with Crippen LogP contribution in [0.4, 0.5) is 0 Å². The van der Waals surface area contributed by atoms with Crippen molar-refractivity contribution >= 4 is 64.9 Å². The summed E-state index contributed by atoms with van der Waals surface area (Å²) in [4.78, 5) is 18.2. The number of halogens is 3. The summed E-state index contributed by atoms with van der Waals surface area (Å²) < 4.78 is 15.9. The lowest BCUT2D eigenvalue weighted by atomic mass is 10.1. The Bertz CT molecular complexity index is 1500. The number of hydrogen-bond donors (Lipinski definition) is 0. The normalized spacial score (nSPS) is 12.3. The first-order valence-electron chi connectivity index (χ1n) is 11.9. The van der Waals surface area contributed by atoms with Gasteiger partial charge in [0.05, 0.1) is 23.7 Å². The van der Waals surface area contributed by atoms with Gasteiger partial charge in [-0.3, -0.25) is 4.79 Å². The Kier molecular flexibility index (Phi) is 9.21. The molecule has 0 unspecified atom stereocenters. The fourth-order valence-corrected chi connectivity index (χ4v) is 4.72. The van der Waals surface area contributed by atoms with Gasteiger partial charge in [0.1, 0.15) is 12.4 Å². The average molecular weight is 692 g/mol. The Morgan fingerprint density at radius 3 is 2.38 bits per heavy atom. The number of hydrogen-bond acceptors (Lipinski definition) is 5. The van der Waals surface area contributed by atoms with Crippen LogP contribution in [0.25, 0.3) is 10.9 Å². The number of fused-ring (bicyclic) bond motifs is 1. The first-order valence-corrected chi connectivity index (χ1v) is 14.3. The molecule has 37 heavy (non-hydrogen) atoms. The van der Waals surface area contributed by atoms with Gasteiger partial charge in [0.25, 0.3) is 5.56 Å². The van der Waals surface area contributed by atoms with Crippen LogP contribution in [0, 0.1) is 0 Å². The van der Waals surface area contributed by atoms with Crippen molar-refractivity contribution in [3.05, 3.63) is 95.3 Å². The van der Waals surface area contributed by atoms with Crippen molar-refractivity contribution in [2.45, 2.75) is 39.7 Å². The first kappa shape index (κ1) is 27.5. The third-order valence-electron chi connectivity index (χ3n) is 5.87. The lowest BCUT2D eigenvalue weighted by Gasteiger charge is -2.15. The second-order valence-corrected chi connectivity index (χ2v) is 11.2. The highest BCUT2D eigenvalue weighted by molar-refractivity contribution is 9.11. The van der Waals surface area contributed by atoms with Crippen LogP contribution in [-0.4, -0.2) is 22.5 Å². The molecule has 0 aliphatic carbocycles. The molecular weight excluding hydrogens is 666 g/mol. The molecule has 0 aliphatic heterocycles. The van der Waals surface area contributed by atoms with E-state index in [9.17, 15) is 4.79 Å². The molecule has 0 radical (unpaired) electrons. The topological polar surface area (TPSA) is 65.7 Å². The fourth-order valence-electron chi connectivity index (χ4n) is 3.67. The number of nitrogens with zero attached hydrogens (tertiary/aromatic N) is 3. The van der Waals surface area contributed by atoms with E-state index in [-0.39, 0.29) is 11.5 Å². The maximum atomic E-state index is 13.4. The van der Waals surface area contributed by atoms with E-state index < -0.39 is 0 Å². The Labute approximate surface area is 241 Å². The third kappa shape index (κ3) is 6.51. The zero-order chi connectivity index (χ0) is 26.5. The highest BCUT2D eigenvalue weighted by Crippen LogP contribution is 2.34. The molecule has 1 aromatic heterocycles. The minimum absolute atomic E-state index is 0.0507. The predicted molar refractivity (Wildman–Crippen MR) is 159 cm³/mol. The van der Waals surface area contributed by atoms with Gasteiger partial charge >= 0.3 is 0 Å². The summed E-state index contributed by atoms with van der Waals surface area (Å²) in [6.07, 6.45) is 2.47. The van der Waals surface area contributed by atoms with E-state index >= 15 is 0 Å². The van der Waals surface area contributed by atoms with Gasteiger partial charge in [-0.2, -0.15) is 9.78 Å². The van der Waals surface area contributed by atoms with Gasteiger partial charge in [-0.25, -0.2) is 4.98 Å². The Morgan fingerprint density at radius 1 is 0.973 bits per heavy atom. The standard InChI is InChI=1S/C28H26Br3N3O3/c1-4-17(3)27-33-24-11-10-21(30)13-22(24)28(35)34(27)32-15-19-12-25(36-5-2)26(14-23(19)31)37-16-18-6-8-20(29)9-7-18/h6-15,17H,4-5,16H2,1-3H3/t17-/m1/s1. The quantitative estimate of drug-likeness (QED) is 0.167. The molecule has 9 heteroatoms. The number of ether oxygens (including phenoxy) is 2. The van der Waals surface area contributed by atoms with Crippen molar-refractivity contribution in [3.63, 3.8) is 0 Å². The van der Waals surface area contributed by atoms with Crippen molar-refractivity contribution in [1.82, 2.24) is 9.66 Å².